The molecule has 2 N–H and O–H groups in total. The van der Waals surface area contributed by atoms with Crippen molar-refractivity contribution in [2.45, 2.75) is 54.9 Å². The fourth-order valence-corrected chi connectivity index (χ4v) is 8.08. The van der Waals surface area contributed by atoms with Gasteiger partial charge in [-0.3, -0.25) is 4.79 Å². The Bertz CT molecular complexity index is 2020. The fourth-order valence-electron chi connectivity index (χ4n) is 6.33. The van der Waals surface area contributed by atoms with Gasteiger partial charge in [-0.05, 0) is 75.2 Å². The molecular formula is C36H39ClF4N6O5S. The number of methoxy groups -OCH3 is 2. The quantitative estimate of drug-likeness (QED) is 0.147. The lowest BCUT2D eigenvalue weighted by Gasteiger charge is -2.38. The lowest BCUT2D eigenvalue weighted by molar-refractivity contribution is -0.137. The van der Waals surface area contributed by atoms with Crippen molar-refractivity contribution < 1.29 is 40.2 Å². The number of hydrogen-bond acceptors (Lipinski definition) is 9. The first-order valence-corrected chi connectivity index (χ1v) is 18.3. The van der Waals surface area contributed by atoms with Crippen molar-refractivity contribution in [2.75, 3.05) is 44.5 Å². The highest BCUT2D eigenvalue weighted by Crippen LogP contribution is 2.39. The number of alkyl halides is 3. The zero-order valence-electron chi connectivity index (χ0n) is 29.3. The van der Waals surface area contributed by atoms with Crippen LogP contribution in [0.15, 0.2) is 78.1 Å². The minimum atomic E-state index is -4.66. The zero-order valence-corrected chi connectivity index (χ0v) is 30.9. The smallest absolute Gasteiger partial charge is 0.416 e. The third-order valence-electron chi connectivity index (χ3n) is 8.90. The van der Waals surface area contributed by atoms with Crippen molar-refractivity contribution in [1.29, 1.82) is 0 Å². The van der Waals surface area contributed by atoms with E-state index < -0.39 is 44.6 Å². The maximum atomic E-state index is 16.1. The van der Waals surface area contributed by atoms with Crippen molar-refractivity contribution >= 4 is 39.0 Å². The summed E-state index contributed by atoms with van der Waals surface area (Å²) in [7, 11) is 1.68. The van der Waals surface area contributed by atoms with Gasteiger partial charge in [0.05, 0.1) is 43.6 Å². The van der Waals surface area contributed by atoms with Crippen LogP contribution in [0.2, 0.25) is 5.02 Å². The molecule has 1 aliphatic carbocycles. The van der Waals surface area contributed by atoms with E-state index in [2.05, 4.69) is 20.6 Å². The third-order valence-corrected chi connectivity index (χ3v) is 11.0. The SMILES string of the molecule is COc1ccc(CN(c2ccncn2)S(=O)(=O)c2cc(Cl)c(N[C@H]3CC[C@H](c4cccc(C(F)(F)F)c4)CC3NC(=O)CN(C)C)cc2F)c(OC)c1. The van der Waals surface area contributed by atoms with Crippen molar-refractivity contribution in [3.8, 4) is 11.5 Å². The lowest BCUT2D eigenvalue weighted by Crippen LogP contribution is -2.51. The van der Waals surface area contributed by atoms with Gasteiger partial charge in [-0.1, -0.05) is 29.8 Å². The molecule has 5 rings (SSSR count). The van der Waals surface area contributed by atoms with E-state index in [4.69, 9.17) is 21.1 Å². The van der Waals surface area contributed by atoms with E-state index in [-0.39, 0.29) is 47.9 Å². The maximum absolute atomic E-state index is 16.1. The molecule has 3 aromatic carbocycles. The van der Waals surface area contributed by atoms with E-state index in [1.54, 1.807) is 43.3 Å². The number of sulfonamides is 1. The summed E-state index contributed by atoms with van der Waals surface area (Å²) in [5, 5.41) is 6.03. The van der Waals surface area contributed by atoms with Crippen LogP contribution in [0.4, 0.5) is 29.1 Å². The second-order valence-corrected chi connectivity index (χ2v) is 15.1. The second kappa shape index (κ2) is 16.6. The Kier molecular flexibility index (Phi) is 12.4. The molecule has 53 heavy (non-hydrogen) atoms. The number of ether oxygens (including phenoxy) is 2. The Morgan fingerprint density at radius 2 is 1.79 bits per heavy atom. The summed E-state index contributed by atoms with van der Waals surface area (Å²) in [4.78, 5) is 21.8. The molecule has 0 radical (unpaired) electrons. The summed E-state index contributed by atoms with van der Waals surface area (Å²) < 4.78 is 96.6. The van der Waals surface area contributed by atoms with Gasteiger partial charge in [-0.15, -0.1) is 0 Å². The molecule has 4 aromatic rings. The van der Waals surface area contributed by atoms with E-state index in [1.165, 1.54) is 32.5 Å². The van der Waals surface area contributed by atoms with Gasteiger partial charge in [0.15, 0.2) is 0 Å². The molecule has 1 aliphatic rings. The molecule has 3 atom stereocenters. The Balaban J connectivity index is 1.44. The first kappa shape index (κ1) is 39.5. The molecule has 1 unspecified atom stereocenters. The molecule has 0 aliphatic heterocycles. The van der Waals surface area contributed by atoms with Crippen LogP contribution in [0.25, 0.3) is 0 Å². The number of rotatable bonds is 13. The fraction of sp³-hybridized carbons (Fsp3) is 0.361. The Hall–Kier alpha value is -4.67. The molecule has 1 saturated carbocycles. The van der Waals surface area contributed by atoms with Crippen LogP contribution < -0.4 is 24.4 Å². The van der Waals surface area contributed by atoms with Crippen molar-refractivity contribution in [2.24, 2.45) is 0 Å². The van der Waals surface area contributed by atoms with Crippen LogP contribution in [0, 0.1) is 5.82 Å². The van der Waals surface area contributed by atoms with E-state index >= 15 is 4.39 Å². The monoisotopic (exact) mass is 778 g/mol. The van der Waals surface area contributed by atoms with Crippen molar-refractivity contribution in [3.63, 3.8) is 0 Å². The minimum Gasteiger partial charge on any atom is -0.497 e. The van der Waals surface area contributed by atoms with Gasteiger partial charge in [0.1, 0.15) is 34.4 Å². The molecular weight excluding hydrogens is 740 g/mol. The molecule has 1 fully saturated rings. The topological polar surface area (TPSA) is 126 Å². The Morgan fingerprint density at radius 3 is 2.45 bits per heavy atom. The summed E-state index contributed by atoms with van der Waals surface area (Å²) >= 11 is 6.65. The van der Waals surface area contributed by atoms with E-state index in [9.17, 15) is 26.4 Å². The van der Waals surface area contributed by atoms with Gasteiger partial charge in [-0.2, -0.15) is 13.2 Å². The largest absolute Gasteiger partial charge is 0.497 e. The maximum Gasteiger partial charge on any atom is 0.416 e. The standard InChI is InChI=1S/C36H39ClF4N6O5S/c1-46(2)20-35(48)45-31-15-23(22-6-5-7-25(14-22)36(39,40)41)9-11-29(31)44-30-18-28(38)33(17-27(30)37)53(49,50)47(34-12-13-42-21-43-34)19-24-8-10-26(51-3)16-32(24)52-4/h5-8,10,12-14,16-18,21,23,29,31,44H,9,11,15,19-20H2,1-4H3,(H,45,48)/t23-,29-,31?/m0/s1. The highest BCUT2D eigenvalue weighted by molar-refractivity contribution is 7.92. The van der Waals surface area contributed by atoms with E-state index in [0.717, 1.165) is 34.9 Å². The molecule has 11 nitrogen and oxygen atoms in total. The van der Waals surface area contributed by atoms with Crippen LogP contribution in [0.1, 0.15) is 41.9 Å². The number of nitrogens with one attached hydrogen (secondary N) is 2. The molecule has 17 heteroatoms. The van der Waals surface area contributed by atoms with Crippen LogP contribution in [0.5, 0.6) is 11.5 Å². The molecule has 1 heterocycles. The predicted octanol–water partition coefficient (Wildman–Crippen LogP) is 6.50. The Morgan fingerprint density at radius 1 is 1.02 bits per heavy atom. The lowest BCUT2D eigenvalue weighted by atomic mass is 9.78. The zero-order chi connectivity index (χ0) is 38.5. The number of amides is 1. The van der Waals surface area contributed by atoms with Crippen molar-refractivity contribution in [3.05, 3.63) is 101 Å². The summed E-state index contributed by atoms with van der Waals surface area (Å²) in [6.07, 6.45) is -0.890. The van der Waals surface area contributed by atoms with Gasteiger partial charge in [0.2, 0.25) is 5.91 Å². The van der Waals surface area contributed by atoms with E-state index in [1.807, 2.05) is 0 Å². The average molecular weight is 779 g/mol. The number of carbonyl (C=O) groups is 1. The van der Waals surface area contributed by atoms with Crippen LogP contribution in [-0.4, -0.2) is 76.1 Å². The summed E-state index contributed by atoms with van der Waals surface area (Å²) in [5.41, 5.74) is 0.234. The van der Waals surface area contributed by atoms with Crippen LogP contribution in [0.3, 0.4) is 0 Å². The number of halogens is 5. The van der Waals surface area contributed by atoms with Gasteiger partial charge in [0, 0.05) is 36.0 Å². The molecule has 0 saturated heterocycles. The highest BCUT2D eigenvalue weighted by Gasteiger charge is 2.36. The molecule has 1 aromatic heterocycles. The Labute approximate surface area is 310 Å². The van der Waals surface area contributed by atoms with Crippen molar-refractivity contribution in [1.82, 2.24) is 20.2 Å². The second-order valence-electron chi connectivity index (χ2n) is 12.8. The summed E-state index contributed by atoms with van der Waals surface area (Å²) in [6.45, 7) is -0.238. The average Bonchev–Trinajstić information content (AvgIpc) is 3.12. The van der Waals surface area contributed by atoms with Gasteiger partial charge in [0.25, 0.3) is 10.0 Å². The summed E-state index contributed by atoms with van der Waals surface area (Å²) in [6, 6.07) is 12.2. The number of hydrogen-bond donors (Lipinski definition) is 2. The number of carbonyl (C=O) groups excluding carboxylic acids is 1. The first-order valence-electron chi connectivity index (χ1n) is 16.5. The first-order chi connectivity index (χ1) is 25.1. The predicted molar refractivity (Wildman–Crippen MR) is 192 cm³/mol. The molecule has 0 spiro atoms. The molecule has 1 amide bonds. The number of anilines is 2. The normalized spacial score (nSPS) is 17.7. The molecule has 284 valence electrons. The minimum absolute atomic E-state index is 0.0376. The van der Waals surface area contributed by atoms with Crippen LogP contribution in [-0.2, 0) is 27.5 Å². The number of aromatic nitrogens is 2. The number of nitrogens with zero attached hydrogens (tertiary/aromatic N) is 4. The van der Waals surface area contributed by atoms with Crippen LogP contribution >= 0.6 is 11.6 Å². The van der Waals surface area contributed by atoms with Gasteiger partial charge < -0.3 is 25.0 Å². The van der Waals surface area contributed by atoms with Gasteiger partial charge >= 0.3 is 6.18 Å². The summed E-state index contributed by atoms with van der Waals surface area (Å²) in [5.74, 6) is -0.962. The molecule has 0 bridgehead atoms. The third kappa shape index (κ3) is 9.47. The number of likely N-dealkylation sites (N-methyl/N-ethyl adjacent to an activating group) is 1. The van der Waals surface area contributed by atoms with E-state index in [0.29, 0.717) is 35.5 Å². The van der Waals surface area contributed by atoms with Gasteiger partial charge in [-0.25, -0.2) is 27.1 Å². The highest BCUT2D eigenvalue weighted by atomic mass is 35.5. The number of benzene rings is 3.